The molecule has 2 aromatic rings. The minimum atomic E-state index is -3.53. The molecule has 27 heavy (non-hydrogen) atoms. The topological polar surface area (TPSA) is 72.2 Å². The first kappa shape index (κ1) is 21.6. The molecular weight excluding hydrogens is 356 g/mol. The van der Waals surface area contributed by atoms with E-state index in [1.54, 1.807) is 12.1 Å². The van der Waals surface area contributed by atoms with Crippen molar-refractivity contribution in [1.82, 2.24) is 4.72 Å². The van der Waals surface area contributed by atoms with Crippen molar-refractivity contribution in [2.75, 3.05) is 6.54 Å². The molecule has 0 atom stereocenters. The third kappa shape index (κ3) is 6.16. The smallest absolute Gasteiger partial charge is 0.240 e. The van der Waals surface area contributed by atoms with Gasteiger partial charge in [-0.25, -0.2) is 13.1 Å². The van der Waals surface area contributed by atoms with Crippen molar-refractivity contribution in [2.45, 2.75) is 63.3 Å². The molecule has 0 amide bonds. The van der Waals surface area contributed by atoms with Gasteiger partial charge in [-0.2, -0.15) is 0 Å². The van der Waals surface area contributed by atoms with Crippen LogP contribution in [0.3, 0.4) is 0 Å². The van der Waals surface area contributed by atoms with Crippen molar-refractivity contribution in [2.24, 2.45) is 5.73 Å². The highest BCUT2D eigenvalue weighted by Gasteiger charge is 2.24. The third-order valence-electron chi connectivity index (χ3n) is 4.95. The van der Waals surface area contributed by atoms with E-state index in [-0.39, 0.29) is 5.41 Å². The summed E-state index contributed by atoms with van der Waals surface area (Å²) >= 11 is 0. The summed E-state index contributed by atoms with van der Waals surface area (Å²) in [6.07, 6.45) is 4.51. The lowest BCUT2D eigenvalue weighted by Gasteiger charge is -2.26. The number of nitrogens with one attached hydrogen (secondary N) is 1. The van der Waals surface area contributed by atoms with Crippen LogP contribution < -0.4 is 10.5 Å². The lowest BCUT2D eigenvalue weighted by atomic mass is 9.84. The molecule has 0 aliphatic heterocycles. The molecule has 5 heteroatoms. The summed E-state index contributed by atoms with van der Waals surface area (Å²) in [5.41, 5.74) is 8.68. The van der Waals surface area contributed by atoms with E-state index in [0.29, 0.717) is 18.0 Å². The Morgan fingerprint density at radius 3 is 2.33 bits per heavy atom. The monoisotopic (exact) mass is 388 g/mol. The second-order valence-corrected chi connectivity index (χ2v) is 9.48. The number of nitrogens with two attached hydrogens (primary N) is 1. The Bertz CT molecular complexity index is 828. The number of unbranched alkanes of at least 4 members (excludes halogenated alkanes) is 2. The minimum absolute atomic E-state index is 0.313. The van der Waals surface area contributed by atoms with Gasteiger partial charge in [-0.05, 0) is 41.7 Å². The molecule has 0 heterocycles. The number of sulfonamides is 1. The molecule has 2 rings (SSSR count). The van der Waals surface area contributed by atoms with Crippen LogP contribution in [-0.2, 0) is 28.4 Å². The molecule has 0 fully saturated rings. The number of aryl methyl sites for hydroxylation is 1. The summed E-state index contributed by atoms with van der Waals surface area (Å²) in [7, 11) is -3.53. The van der Waals surface area contributed by atoms with E-state index in [2.05, 4.69) is 11.6 Å². The fraction of sp³-hybridized carbons (Fsp3) is 0.455. The van der Waals surface area contributed by atoms with Crippen LogP contribution in [0.4, 0.5) is 0 Å². The van der Waals surface area contributed by atoms with Gasteiger partial charge in [-0.3, -0.25) is 0 Å². The van der Waals surface area contributed by atoms with Gasteiger partial charge in [0.1, 0.15) is 0 Å². The maximum Gasteiger partial charge on any atom is 0.240 e. The van der Waals surface area contributed by atoms with Crippen LogP contribution in [0, 0.1) is 0 Å². The summed E-state index contributed by atoms with van der Waals surface area (Å²) in [4.78, 5) is 0.313. The maximum absolute atomic E-state index is 12.7. The van der Waals surface area contributed by atoms with Gasteiger partial charge in [-0.1, -0.05) is 70.0 Å². The first-order valence-electron chi connectivity index (χ1n) is 9.66. The molecule has 0 unspecified atom stereocenters. The summed E-state index contributed by atoms with van der Waals surface area (Å²) in [6, 6.07) is 15.2. The summed E-state index contributed by atoms with van der Waals surface area (Å²) in [5.74, 6) is 0. The van der Waals surface area contributed by atoms with Crippen LogP contribution in [0.15, 0.2) is 53.4 Å². The lowest BCUT2D eigenvalue weighted by molar-refractivity contribution is 0.501. The number of benzene rings is 2. The van der Waals surface area contributed by atoms with Crippen LogP contribution in [0.5, 0.6) is 0 Å². The van der Waals surface area contributed by atoms with Crippen LogP contribution in [0.2, 0.25) is 0 Å². The predicted octanol–water partition coefficient (Wildman–Crippen LogP) is 4.13. The predicted molar refractivity (Wildman–Crippen MR) is 112 cm³/mol. The Morgan fingerprint density at radius 2 is 1.70 bits per heavy atom. The summed E-state index contributed by atoms with van der Waals surface area (Å²) in [6.45, 7) is 7.03. The quantitative estimate of drug-likeness (QED) is 0.601. The van der Waals surface area contributed by atoms with Gasteiger partial charge >= 0.3 is 0 Å². The van der Waals surface area contributed by atoms with Gasteiger partial charge in [0.05, 0.1) is 4.90 Å². The van der Waals surface area contributed by atoms with Gasteiger partial charge in [0.15, 0.2) is 0 Å². The standard InChI is InChI=1S/C22H32N2O2S/c1-4-5-6-8-18-11-13-21(14-12-18)27(25,26)24-17-22(2,3)20-10-7-9-19(15-20)16-23/h7,9-15,24H,4-6,8,16-17,23H2,1-3H3. The van der Waals surface area contributed by atoms with E-state index >= 15 is 0 Å². The van der Waals surface area contributed by atoms with Crippen molar-refractivity contribution < 1.29 is 8.42 Å². The fourth-order valence-electron chi connectivity index (χ4n) is 2.99. The zero-order valence-corrected chi connectivity index (χ0v) is 17.5. The van der Waals surface area contributed by atoms with Crippen molar-refractivity contribution in [3.8, 4) is 0 Å². The zero-order valence-electron chi connectivity index (χ0n) is 16.7. The highest BCUT2D eigenvalue weighted by molar-refractivity contribution is 7.89. The molecule has 0 aromatic heterocycles. The van der Waals surface area contributed by atoms with Gasteiger partial charge in [-0.15, -0.1) is 0 Å². The molecule has 148 valence electrons. The second kappa shape index (κ2) is 9.49. The van der Waals surface area contributed by atoms with Gasteiger partial charge in [0, 0.05) is 18.5 Å². The molecule has 2 aromatic carbocycles. The van der Waals surface area contributed by atoms with E-state index in [1.807, 2.05) is 50.2 Å². The van der Waals surface area contributed by atoms with E-state index < -0.39 is 10.0 Å². The SMILES string of the molecule is CCCCCc1ccc(S(=O)(=O)NCC(C)(C)c2cccc(CN)c2)cc1. The molecule has 4 nitrogen and oxygen atoms in total. The molecule has 0 aliphatic carbocycles. The average Bonchev–Trinajstić information content (AvgIpc) is 2.67. The molecule has 3 N–H and O–H groups in total. The minimum Gasteiger partial charge on any atom is -0.326 e. The van der Waals surface area contributed by atoms with E-state index in [4.69, 9.17) is 5.73 Å². The number of rotatable bonds is 10. The Morgan fingerprint density at radius 1 is 1.00 bits per heavy atom. The Hall–Kier alpha value is -1.69. The van der Waals surface area contributed by atoms with Crippen molar-refractivity contribution in [3.63, 3.8) is 0 Å². The third-order valence-corrected chi connectivity index (χ3v) is 6.37. The van der Waals surface area contributed by atoms with Crippen LogP contribution in [0.25, 0.3) is 0 Å². The van der Waals surface area contributed by atoms with Gasteiger partial charge in [0.2, 0.25) is 10.0 Å². The van der Waals surface area contributed by atoms with Crippen molar-refractivity contribution >= 4 is 10.0 Å². The average molecular weight is 389 g/mol. The molecule has 0 spiro atoms. The molecule has 0 saturated heterocycles. The lowest BCUT2D eigenvalue weighted by Crippen LogP contribution is -2.36. The summed E-state index contributed by atoms with van der Waals surface area (Å²) in [5, 5.41) is 0. The Balaban J connectivity index is 2.04. The number of hydrogen-bond acceptors (Lipinski definition) is 3. The second-order valence-electron chi connectivity index (χ2n) is 7.71. The molecule has 0 aliphatic rings. The fourth-order valence-corrected chi connectivity index (χ4v) is 4.21. The highest BCUT2D eigenvalue weighted by atomic mass is 32.2. The molecule has 0 saturated carbocycles. The maximum atomic E-state index is 12.7. The largest absolute Gasteiger partial charge is 0.326 e. The summed E-state index contributed by atoms with van der Waals surface area (Å²) < 4.78 is 28.1. The van der Waals surface area contributed by atoms with Crippen LogP contribution >= 0.6 is 0 Å². The van der Waals surface area contributed by atoms with Crippen LogP contribution in [0.1, 0.15) is 56.7 Å². The Kier molecular flexibility index (Phi) is 7.59. The van der Waals surface area contributed by atoms with Gasteiger partial charge in [0.25, 0.3) is 0 Å². The molecule has 0 radical (unpaired) electrons. The normalized spacial score (nSPS) is 12.3. The molecule has 0 bridgehead atoms. The first-order valence-corrected chi connectivity index (χ1v) is 11.1. The molecular formula is C22H32N2O2S. The Labute approximate surface area is 164 Å². The van der Waals surface area contributed by atoms with Crippen LogP contribution in [-0.4, -0.2) is 15.0 Å². The van der Waals surface area contributed by atoms with Crippen molar-refractivity contribution in [1.29, 1.82) is 0 Å². The van der Waals surface area contributed by atoms with E-state index in [0.717, 1.165) is 24.0 Å². The van der Waals surface area contributed by atoms with E-state index in [1.165, 1.54) is 18.4 Å². The zero-order chi connectivity index (χ0) is 19.9. The van der Waals surface area contributed by atoms with Crippen molar-refractivity contribution in [3.05, 3.63) is 65.2 Å². The number of hydrogen-bond donors (Lipinski definition) is 2. The van der Waals surface area contributed by atoms with Gasteiger partial charge < -0.3 is 5.73 Å². The first-order chi connectivity index (χ1) is 12.8. The van der Waals surface area contributed by atoms with E-state index in [9.17, 15) is 8.42 Å². The highest BCUT2D eigenvalue weighted by Crippen LogP contribution is 2.24.